The van der Waals surface area contributed by atoms with Crippen LogP contribution in [-0.4, -0.2) is 5.78 Å². The van der Waals surface area contributed by atoms with Gasteiger partial charge in [-0.3, -0.25) is 4.79 Å². The van der Waals surface area contributed by atoms with Crippen LogP contribution in [0.3, 0.4) is 0 Å². The van der Waals surface area contributed by atoms with Crippen molar-refractivity contribution in [2.75, 3.05) is 0 Å². The Bertz CT molecular complexity index is 855. The van der Waals surface area contributed by atoms with E-state index in [2.05, 4.69) is 15.9 Å². The van der Waals surface area contributed by atoms with Gasteiger partial charge in [0.1, 0.15) is 5.82 Å². The van der Waals surface area contributed by atoms with E-state index in [0.717, 1.165) is 10.0 Å². The van der Waals surface area contributed by atoms with Gasteiger partial charge in [0.25, 0.3) is 0 Å². The van der Waals surface area contributed by atoms with Gasteiger partial charge in [0.05, 0.1) is 0 Å². The monoisotopic (exact) mass is 342 g/mol. The molecule has 0 radical (unpaired) electrons. The third kappa shape index (κ3) is 2.38. The van der Waals surface area contributed by atoms with Crippen molar-refractivity contribution < 1.29 is 9.18 Å². The van der Waals surface area contributed by atoms with Crippen molar-refractivity contribution in [2.24, 2.45) is 0 Å². The van der Waals surface area contributed by atoms with E-state index in [-0.39, 0.29) is 11.6 Å². The number of hydrogen-bond donors (Lipinski definition) is 0. The first-order valence-corrected chi connectivity index (χ1v) is 7.36. The van der Waals surface area contributed by atoms with Gasteiger partial charge in [0.15, 0.2) is 5.78 Å². The zero-order valence-electron chi connectivity index (χ0n) is 11.4. The zero-order valence-corrected chi connectivity index (χ0v) is 12.9. The molecule has 0 aliphatic rings. The Hall–Kier alpha value is -2.00. The number of fused-ring (bicyclic) bond motifs is 1. The maximum Gasteiger partial charge on any atom is 0.193 e. The van der Waals surface area contributed by atoms with Crippen molar-refractivity contribution in [3.8, 4) is 0 Å². The molecule has 3 aromatic carbocycles. The molecule has 21 heavy (non-hydrogen) atoms. The third-order valence-corrected chi connectivity index (χ3v) is 4.49. The summed E-state index contributed by atoms with van der Waals surface area (Å²) in [5.41, 5.74) is 2.03. The predicted molar refractivity (Wildman–Crippen MR) is 86.2 cm³/mol. The van der Waals surface area contributed by atoms with Gasteiger partial charge >= 0.3 is 0 Å². The van der Waals surface area contributed by atoms with Crippen molar-refractivity contribution in [1.82, 2.24) is 0 Å². The number of halogens is 2. The summed E-state index contributed by atoms with van der Waals surface area (Å²) < 4.78 is 14.7. The minimum atomic E-state index is -0.312. The Kier molecular flexibility index (Phi) is 3.60. The Balaban J connectivity index is 2.23. The van der Waals surface area contributed by atoms with Crippen LogP contribution in [0, 0.1) is 12.7 Å². The lowest BCUT2D eigenvalue weighted by molar-refractivity contribution is 0.103. The molecule has 3 aromatic rings. The molecule has 0 heterocycles. The van der Waals surface area contributed by atoms with Crippen molar-refractivity contribution in [2.45, 2.75) is 6.92 Å². The molecule has 0 spiro atoms. The van der Waals surface area contributed by atoms with Crippen molar-refractivity contribution in [3.63, 3.8) is 0 Å². The van der Waals surface area contributed by atoms with Crippen LogP contribution >= 0.6 is 15.9 Å². The van der Waals surface area contributed by atoms with Crippen LogP contribution in [-0.2, 0) is 0 Å². The van der Waals surface area contributed by atoms with Crippen LogP contribution in [0.4, 0.5) is 4.39 Å². The third-order valence-electron chi connectivity index (χ3n) is 3.63. The van der Waals surface area contributed by atoms with Crippen LogP contribution < -0.4 is 0 Å². The summed E-state index contributed by atoms with van der Waals surface area (Å²) in [5, 5.41) is 1.11. The van der Waals surface area contributed by atoms with E-state index in [1.54, 1.807) is 30.3 Å². The van der Waals surface area contributed by atoms with E-state index in [0.29, 0.717) is 21.9 Å². The Morgan fingerprint density at radius 3 is 2.38 bits per heavy atom. The van der Waals surface area contributed by atoms with Crippen molar-refractivity contribution in [3.05, 3.63) is 81.6 Å². The first-order chi connectivity index (χ1) is 10.1. The predicted octanol–water partition coefficient (Wildman–Crippen LogP) is 5.28. The maximum atomic E-state index is 13.9. The number of carbonyl (C=O) groups excluding carboxylic acids is 1. The lowest BCUT2D eigenvalue weighted by Gasteiger charge is -2.10. The molecule has 0 amide bonds. The second-order valence-corrected chi connectivity index (χ2v) is 5.74. The summed E-state index contributed by atoms with van der Waals surface area (Å²) in [4.78, 5) is 12.8. The second-order valence-electron chi connectivity index (χ2n) is 4.88. The highest BCUT2D eigenvalue weighted by Crippen LogP contribution is 2.27. The highest BCUT2D eigenvalue weighted by atomic mass is 79.9. The van der Waals surface area contributed by atoms with Gasteiger partial charge in [0.2, 0.25) is 0 Å². The van der Waals surface area contributed by atoms with Crippen molar-refractivity contribution >= 4 is 32.5 Å². The molecule has 1 nitrogen and oxygen atoms in total. The van der Waals surface area contributed by atoms with E-state index < -0.39 is 0 Å². The van der Waals surface area contributed by atoms with E-state index in [1.165, 1.54) is 6.07 Å². The number of rotatable bonds is 2. The first-order valence-electron chi connectivity index (χ1n) is 6.56. The topological polar surface area (TPSA) is 17.1 Å². The molecule has 0 unspecified atom stereocenters. The second kappa shape index (κ2) is 5.41. The zero-order chi connectivity index (χ0) is 15.0. The normalized spacial score (nSPS) is 10.8. The minimum absolute atomic E-state index is 0.0926. The SMILES string of the molecule is Cc1c(Br)cccc1C(=O)c1ccc(F)c2ccccc12. The fourth-order valence-corrected chi connectivity index (χ4v) is 2.83. The smallest absolute Gasteiger partial charge is 0.193 e. The molecule has 3 rings (SSSR count). The summed E-state index contributed by atoms with van der Waals surface area (Å²) in [6.45, 7) is 1.89. The summed E-state index contributed by atoms with van der Waals surface area (Å²) in [6.07, 6.45) is 0. The lowest BCUT2D eigenvalue weighted by Crippen LogP contribution is -2.05. The number of ketones is 1. The summed E-state index contributed by atoms with van der Waals surface area (Å²) >= 11 is 3.44. The standard InChI is InChI=1S/C18H12BrFO/c1-11-12(7-4-8-16(11)19)18(21)15-9-10-17(20)14-6-3-2-5-13(14)15/h2-10H,1H3. The van der Waals surface area contributed by atoms with E-state index >= 15 is 0 Å². The number of hydrogen-bond acceptors (Lipinski definition) is 1. The molecule has 0 atom stereocenters. The quantitative estimate of drug-likeness (QED) is 0.579. The van der Waals surface area contributed by atoms with Gasteiger partial charge in [0, 0.05) is 21.0 Å². The maximum absolute atomic E-state index is 13.9. The van der Waals surface area contributed by atoms with Gasteiger partial charge in [-0.15, -0.1) is 0 Å². The Morgan fingerprint density at radius 1 is 0.905 bits per heavy atom. The van der Waals surface area contributed by atoms with Gasteiger partial charge in [-0.2, -0.15) is 0 Å². The number of carbonyl (C=O) groups is 1. The van der Waals surface area contributed by atoms with Crippen LogP contribution in [0.2, 0.25) is 0 Å². The van der Waals surface area contributed by atoms with Crippen LogP contribution in [0.25, 0.3) is 10.8 Å². The van der Waals surface area contributed by atoms with Gasteiger partial charge in [-0.25, -0.2) is 4.39 Å². The highest BCUT2D eigenvalue weighted by molar-refractivity contribution is 9.10. The summed E-state index contributed by atoms with van der Waals surface area (Å²) in [6, 6.07) is 15.5. The van der Waals surface area contributed by atoms with Crippen LogP contribution in [0.5, 0.6) is 0 Å². The minimum Gasteiger partial charge on any atom is -0.289 e. The van der Waals surface area contributed by atoms with E-state index in [9.17, 15) is 9.18 Å². The average molecular weight is 343 g/mol. The van der Waals surface area contributed by atoms with Gasteiger partial charge in [-0.1, -0.05) is 52.3 Å². The highest BCUT2D eigenvalue weighted by Gasteiger charge is 2.16. The van der Waals surface area contributed by atoms with E-state index in [1.807, 2.05) is 25.1 Å². The molecule has 3 heteroatoms. The Morgan fingerprint density at radius 2 is 1.62 bits per heavy atom. The lowest BCUT2D eigenvalue weighted by atomic mass is 9.95. The fourth-order valence-electron chi connectivity index (χ4n) is 2.46. The molecule has 104 valence electrons. The Labute approximate surface area is 130 Å². The molecular formula is C18H12BrFO. The molecule has 0 saturated carbocycles. The molecule has 0 aliphatic heterocycles. The van der Waals surface area contributed by atoms with Crippen molar-refractivity contribution in [1.29, 1.82) is 0 Å². The largest absolute Gasteiger partial charge is 0.289 e. The van der Waals surface area contributed by atoms with Crippen LogP contribution in [0.15, 0.2) is 59.1 Å². The van der Waals surface area contributed by atoms with Gasteiger partial charge in [-0.05, 0) is 36.1 Å². The van der Waals surface area contributed by atoms with Crippen LogP contribution in [0.1, 0.15) is 21.5 Å². The van der Waals surface area contributed by atoms with E-state index in [4.69, 9.17) is 0 Å². The summed E-state index contributed by atoms with van der Waals surface area (Å²) in [5.74, 6) is -0.405. The summed E-state index contributed by atoms with van der Waals surface area (Å²) in [7, 11) is 0. The number of benzene rings is 3. The molecular weight excluding hydrogens is 331 g/mol. The average Bonchev–Trinajstić information content (AvgIpc) is 2.50. The first kappa shape index (κ1) is 14.0. The molecule has 0 fully saturated rings. The molecule has 0 N–H and O–H groups in total. The van der Waals surface area contributed by atoms with Gasteiger partial charge < -0.3 is 0 Å². The molecule has 0 aromatic heterocycles. The fraction of sp³-hybridized carbons (Fsp3) is 0.0556. The molecule has 0 bridgehead atoms. The molecule has 0 saturated heterocycles. The molecule has 0 aliphatic carbocycles.